The second-order valence-electron chi connectivity index (χ2n) is 9.68. The molecule has 0 radical (unpaired) electrons. The standard InChI is InChI=1S/C25H40N8O6S/c1-3-10-32(22(37)14-31(11-8-26)17(2)34)15-23(38)33(13-20(27)35)12-9-28-21(36)7-5-4-6-19-24-18(16-40-19)29-25(39)30-24/h1,18-19,24H,4-16,26H2,2H3,(H2,27,35)(H,28,36)(H2,29,30,39)/t18-,19?,24-/m1/s1. The Labute approximate surface area is 238 Å². The molecule has 40 heavy (non-hydrogen) atoms. The number of urea groups is 1. The summed E-state index contributed by atoms with van der Waals surface area (Å²) in [6, 6.07) is 0.173. The first-order valence-electron chi connectivity index (χ1n) is 13.2. The fourth-order valence-corrected chi connectivity index (χ4v) is 6.09. The summed E-state index contributed by atoms with van der Waals surface area (Å²) in [4.78, 5) is 76.3. The molecule has 0 aromatic heterocycles. The molecule has 7 amide bonds. The van der Waals surface area contributed by atoms with Gasteiger partial charge in [-0.1, -0.05) is 12.3 Å². The Morgan fingerprint density at radius 3 is 2.40 bits per heavy atom. The Hall–Kier alpha value is -3.51. The Kier molecular flexibility index (Phi) is 13.5. The number of nitrogens with zero attached hydrogens (tertiary/aromatic N) is 3. The summed E-state index contributed by atoms with van der Waals surface area (Å²) in [7, 11) is 0. The maximum absolute atomic E-state index is 12.9. The van der Waals surface area contributed by atoms with Crippen molar-refractivity contribution in [2.45, 2.75) is 49.9 Å². The Bertz CT molecular complexity index is 989. The SMILES string of the molecule is C#CCN(CC(=O)N(CCNC(=O)CCCCC1SC[C@H]2NC(=O)N[C@@H]12)CC(N)=O)C(=O)CN(CCN)C(C)=O. The van der Waals surface area contributed by atoms with E-state index in [1.807, 2.05) is 11.8 Å². The molecule has 7 N–H and O–H groups in total. The number of rotatable bonds is 17. The van der Waals surface area contributed by atoms with Gasteiger partial charge in [-0.15, -0.1) is 6.42 Å². The molecule has 2 fully saturated rings. The number of hydrogen-bond acceptors (Lipinski definition) is 8. The van der Waals surface area contributed by atoms with Crippen LogP contribution < -0.4 is 27.4 Å². The zero-order valence-corrected chi connectivity index (χ0v) is 23.7. The molecule has 0 aliphatic carbocycles. The fraction of sp³-hybridized carbons (Fsp3) is 0.680. The molecule has 0 bridgehead atoms. The molecule has 0 aromatic rings. The van der Waals surface area contributed by atoms with E-state index in [2.05, 4.69) is 21.9 Å². The van der Waals surface area contributed by atoms with Crippen LogP contribution in [0, 0.1) is 12.3 Å². The monoisotopic (exact) mass is 580 g/mol. The normalized spacial score (nSPS) is 19.0. The Morgan fingerprint density at radius 2 is 1.75 bits per heavy atom. The van der Waals surface area contributed by atoms with Crippen molar-refractivity contribution in [2.75, 3.05) is 58.1 Å². The summed E-state index contributed by atoms with van der Waals surface area (Å²) in [6.07, 6.45) is 8.08. The lowest BCUT2D eigenvalue weighted by Gasteiger charge is -2.28. The van der Waals surface area contributed by atoms with Gasteiger partial charge in [0.2, 0.25) is 29.5 Å². The largest absolute Gasteiger partial charge is 0.368 e. The topological polar surface area (TPSA) is 200 Å². The van der Waals surface area contributed by atoms with E-state index in [1.54, 1.807) is 0 Å². The number of terminal acetylenes is 1. The molecule has 0 spiro atoms. The molecule has 14 nitrogen and oxygen atoms in total. The van der Waals surface area contributed by atoms with E-state index in [0.717, 1.165) is 28.4 Å². The van der Waals surface area contributed by atoms with E-state index >= 15 is 0 Å². The minimum atomic E-state index is -0.749. The van der Waals surface area contributed by atoms with Crippen LogP contribution in [0.25, 0.3) is 0 Å². The maximum atomic E-state index is 12.9. The van der Waals surface area contributed by atoms with E-state index in [4.69, 9.17) is 17.9 Å². The molecule has 222 valence electrons. The summed E-state index contributed by atoms with van der Waals surface area (Å²) in [5.41, 5.74) is 10.8. The van der Waals surface area contributed by atoms with E-state index < -0.39 is 30.8 Å². The van der Waals surface area contributed by atoms with E-state index in [9.17, 15) is 28.8 Å². The first kappa shape index (κ1) is 32.7. The summed E-state index contributed by atoms with van der Waals surface area (Å²) in [5.74, 6) is 0.799. The van der Waals surface area contributed by atoms with Crippen LogP contribution in [-0.4, -0.2) is 126 Å². The molecule has 2 aliphatic rings. The second kappa shape index (κ2) is 16.6. The fourth-order valence-electron chi connectivity index (χ4n) is 4.55. The van der Waals surface area contributed by atoms with Crippen LogP contribution in [0.3, 0.4) is 0 Å². The van der Waals surface area contributed by atoms with Crippen molar-refractivity contribution in [1.82, 2.24) is 30.7 Å². The number of carbonyl (C=O) groups excluding carboxylic acids is 6. The average molecular weight is 581 g/mol. The number of amides is 7. The minimum Gasteiger partial charge on any atom is -0.368 e. The zero-order chi connectivity index (χ0) is 29.7. The van der Waals surface area contributed by atoms with Crippen molar-refractivity contribution in [1.29, 1.82) is 0 Å². The third-order valence-corrected chi connectivity index (χ3v) is 8.12. The smallest absolute Gasteiger partial charge is 0.315 e. The number of carbonyl (C=O) groups is 6. The zero-order valence-electron chi connectivity index (χ0n) is 22.9. The lowest BCUT2D eigenvalue weighted by atomic mass is 10.0. The highest BCUT2D eigenvalue weighted by Gasteiger charge is 2.42. The molecule has 15 heteroatoms. The highest BCUT2D eigenvalue weighted by atomic mass is 32.2. The van der Waals surface area contributed by atoms with Gasteiger partial charge in [0.1, 0.15) is 6.54 Å². The highest BCUT2D eigenvalue weighted by Crippen LogP contribution is 2.33. The van der Waals surface area contributed by atoms with Crippen LogP contribution in [0.4, 0.5) is 4.79 Å². The molecule has 1 unspecified atom stereocenters. The quantitative estimate of drug-likeness (QED) is 0.0701. The molecule has 2 saturated heterocycles. The third kappa shape index (κ3) is 10.6. The Morgan fingerprint density at radius 1 is 1.05 bits per heavy atom. The summed E-state index contributed by atoms with van der Waals surface area (Å²) < 4.78 is 0. The molecular weight excluding hydrogens is 540 g/mol. The second-order valence-corrected chi connectivity index (χ2v) is 11.0. The number of hydrogen-bond donors (Lipinski definition) is 5. The van der Waals surface area contributed by atoms with E-state index in [-0.39, 0.29) is 69.2 Å². The summed E-state index contributed by atoms with van der Waals surface area (Å²) in [5, 5.41) is 8.93. The molecule has 0 saturated carbocycles. The van der Waals surface area contributed by atoms with Crippen LogP contribution in [0.15, 0.2) is 0 Å². The van der Waals surface area contributed by atoms with Gasteiger partial charge < -0.3 is 42.1 Å². The van der Waals surface area contributed by atoms with Crippen molar-refractivity contribution in [3.05, 3.63) is 0 Å². The number of thioether (sulfide) groups is 1. The van der Waals surface area contributed by atoms with Gasteiger partial charge in [-0.05, 0) is 12.8 Å². The van der Waals surface area contributed by atoms with Crippen molar-refractivity contribution >= 4 is 47.3 Å². The molecule has 2 aliphatic heterocycles. The summed E-state index contributed by atoms with van der Waals surface area (Å²) in [6.45, 7) is 0.451. The third-order valence-electron chi connectivity index (χ3n) is 6.62. The van der Waals surface area contributed by atoms with Crippen LogP contribution in [0.2, 0.25) is 0 Å². The van der Waals surface area contributed by atoms with Gasteiger partial charge in [0.25, 0.3) is 0 Å². The minimum absolute atomic E-state index is 0.00677. The van der Waals surface area contributed by atoms with Crippen molar-refractivity contribution in [3.63, 3.8) is 0 Å². The predicted octanol–water partition coefficient (Wildman–Crippen LogP) is -2.59. The molecule has 2 heterocycles. The molecule has 0 aromatic carbocycles. The van der Waals surface area contributed by atoms with Crippen molar-refractivity contribution in [3.8, 4) is 12.3 Å². The number of nitrogens with two attached hydrogens (primary N) is 2. The number of unbranched alkanes of at least 4 members (excludes halogenated alkanes) is 1. The van der Waals surface area contributed by atoms with Gasteiger partial charge in [0, 0.05) is 50.5 Å². The van der Waals surface area contributed by atoms with Crippen LogP contribution in [0.1, 0.15) is 32.6 Å². The molecule has 2 rings (SSSR count). The van der Waals surface area contributed by atoms with Gasteiger partial charge in [0.05, 0.1) is 31.7 Å². The lowest BCUT2D eigenvalue weighted by molar-refractivity contribution is -0.143. The Balaban J connectivity index is 1.78. The molecule has 3 atom stereocenters. The van der Waals surface area contributed by atoms with Crippen molar-refractivity contribution < 1.29 is 28.8 Å². The van der Waals surface area contributed by atoms with E-state index in [1.165, 1.54) is 11.8 Å². The molecular formula is C25H40N8O6S. The highest BCUT2D eigenvalue weighted by molar-refractivity contribution is 8.00. The number of nitrogens with one attached hydrogen (secondary N) is 3. The van der Waals surface area contributed by atoms with Gasteiger partial charge >= 0.3 is 6.03 Å². The van der Waals surface area contributed by atoms with Gasteiger partial charge in [-0.3, -0.25) is 24.0 Å². The predicted molar refractivity (Wildman–Crippen MR) is 149 cm³/mol. The van der Waals surface area contributed by atoms with Crippen molar-refractivity contribution in [2.24, 2.45) is 11.5 Å². The van der Waals surface area contributed by atoms with Gasteiger partial charge in [-0.25, -0.2) is 4.79 Å². The number of fused-ring (bicyclic) bond motifs is 1. The lowest BCUT2D eigenvalue weighted by Crippen LogP contribution is -2.50. The van der Waals surface area contributed by atoms with Gasteiger partial charge in [0.15, 0.2) is 0 Å². The van der Waals surface area contributed by atoms with Crippen LogP contribution in [-0.2, 0) is 24.0 Å². The first-order valence-corrected chi connectivity index (χ1v) is 14.3. The first-order chi connectivity index (χ1) is 19.0. The van der Waals surface area contributed by atoms with Gasteiger partial charge in [-0.2, -0.15) is 11.8 Å². The van der Waals surface area contributed by atoms with Crippen LogP contribution in [0.5, 0.6) is 0 Å². The summed E-state index contributed by atoms with van der Waals surface area (Å²) >= 11 is 1.82. The number of primary amides is 1. The van der Waals surface area contributed by atoms with Crippen LogP contribution >= 0.6 is 11.8 Å². The van der Waals surface area contributed by atoms with E-state index in [0.29, 0.717) is 18.1 Å². The average Bonchev–Trinajstić information content (AvgIpc) is 3.44. The maximum Gasteiger partial charge on any atom is 0.315 e.